The molecule has 202 valence electrons. The summed E-state index contributed by atoms with van der Waals surface area (Å²) in [5.74, 6) is -0.781. The van der Waals surface area contributed by atoms with Gasteiger partial charge in [-0.3, -0.25) is 13.9 Å². The van der Waals surface area contributed by atoms with E-state index in [-0.39, 0.29) is 18.5 Å². The summed E-state index contributed by atoms with van der Waals surface area (Å²) in [6, 6.07) is 11.1. The zero-order chi connectivity index (χ0) is 27.2. The number of amides is 2. The highest BCUT2D eigenvalue weighted by atomic mass is 127. The second kappa shape index (κ2) is 13.5. The number of carbonyl (C=O) groups is 2. The third-order valence-corrected chi connectivity index (χ3v) is 9.09. The van der Waals surface area contributed by atoms with Crippen molar-refractivity contribution in [3.8, 4) is 0 Å². The molecule has 0 aromatic heterocycles. The Kier molecular flexibility index (Phi) is 10.9. The van der Waals surface area contributed by atoms with E-state index in [0.29, 0.717) is 27.7 Å². The molecule has 0 spiro atoms. The molecule has 0 bridgehead atoms. The van der Waals surface area contributed by atoms with Gasteiger partial charge in [0.1, 0.15) is 12.6 Å². The largest absolute Gasteiger partial charge is 0.352 e. The number of nitrogens with one attached hydrogen (secondary N) is 1. The maximum atomic E-state index is 13.8. The molecule has 1 fully saturated rings. The minimum absolute atomic E-state index is 0.0295. The van der Waals surface area contributed by atoms with E-state index in [1.807, 2.05) is 6.92 Å². The van der Waals surface area contributed by atoms with Crippen molar-refractivity contribution >= 4 is 73.3 Å². The molecule has 1 atom stereocenters. The Morgan fingerprint density at radius 2 is 1.65 bits per heavy atom. The average Bonchev–Trinajstić information content (AvgIpc) is 2.84. The Bertz CT molecular complexity index is 1180. The van der Waals surface area contributed by atoms with Gasteiger partial charge in [0.25, 0.3) is 0 Å². The van der Waals surface area contributed by atoms with E-state index in [1.165, 1.54) is 4.90 Å². The first-order chi connectivity index (χ1) is 17.5. The average molecular weight is 680 g/mol. The first-order valence-electron chi connectivity index (χ1n) is 12.3. The van der Waals surface area contributed by atoms with Crippen LogP contribution in [0.2, 0.25) is 10.0 Å². The molecule has 11 heteroatoms. The highest BCUT2D eigenvalue weighted by molar-refractivity contribution is 14.1. The van der Waals surface area contributed by atoms with Gasteiger partial charge in [-0.05, 0) is 78.3 Å². The monoisotopic (exact) mass is 679 g/mol. The van der Waals surface area contributed by atoms with Gasteiger partial charge in [-0.2, -0.15) is 0 Å². The first-order valence-corrected chi connectivity index (χ1v) is 16.0. The van der Waals surface area contributed by atoms with Crippen LogP contribution in [0, 0.1) is 3.57 Å². The van der Waals surface area contributed by atoms with Gasteiger partial charge in [0.15, 0.2) is 0 Å². The van der Waals surface area contributed by atoms with Crippen LogP contribution in [0.3, 0.4) is 0 Å². The van der Waals surface area contributed by atoms with Crippen LogP contribution in [-0.4, -0.2) is 50.0 Å². The summed E-state index contributed by atoms with van der Waals surface area (Å²) >= 11 is 15.0. The minimum atomic E-state index is -3.79. The van der Waals surface area contributed by atoms with Gasteiger partial charge in [-0.25, -0.2) is 8.42 Å². The highest BCUT2D eigenvalue weighted by Gasteiger charge is 2.33. The Morgan fingerprint density at radius 1 is 1.05 bits per heavy atom. The lowest BCUT2D eigenvalue weighted by Crippen LogP contribution is -2.54. The normalized spacial score (nSPS) is 15.2. The number of benzene rings is 2. The van der Waals surface area contributed by atoms with Gasteiger partial charge >= 0.3 is 0 Å². The van der Waals surface area contributed by atoms with Crippen molar-refractivity contribution in [2.45, 2.75) is 64.1 Å². The summed E-state index contributed by atoms with van der Waals surface area (Å²) in [5, 5.41) is 3.84. The van der Waals surface area contributed by atoms with Crippen LogP contribution in [0.15, 0.2) is 42.5 Å². The van der Waals surface area contributed by atoms with Crippen molar-refractivity contribution in [2.24, 2.45) is 0 Å². The number of carbonyl (C=O) groups excluding carboxylic acids is 2. The molecule has 1 aliphatic rings. The predicted molar refractivity (Wildman–Crippen MR) is 157 cm³/mol. The Labute approximate surface area is 243 Å². The number of nitrogens with zero attached hydrogens (tertiary/aromatic N) is 2. The summed E-state index contributed by atoms with van der Waals surface area (Å²) < 4.78 is 27.4. The summed E-state index contributed by atoms with van der Waals surface area (Å²) in [6.45, 7) is 1.33. The number of rotatable bonds is 10. The van der Waals surface area contributed by atoms with E-state index in [4.69, 9.17) is 23.2 Å². The maximum absolute atomic E-state index is 13.8. The fourth-order valence-electron chi connectivity index (χ4n) is 4.54. The molecule has 0 heterocycles. The lowest BCUT2D eigenvalue weighted by atomic mass is 9.95. The van der Waals surface area contributed by atoms with Crippen LogP contribution in [0.5, 0.6) is 0 Å². The van der Waals surface area contributed by atoms with E-state index < -0.39 is 28.5 Å². The van der Waals surface area contributed by atoms with Gasteiger partial charge < -0.3 is 10.2 Å². The number of sulfonamides is 1. The molecule has 37 heavy (non-hydrogen) atoms. The zero-order valence-electron chi connectivity index (χ0n) is 20.9. The fourth-order valence-corrected chi connectivity index (χ4v) is 6.26. The molecular weight excluding hydrogens is 648 g/mol. The first kappa shape index (κ1) is 30.0. The molecule has 0 aliphatic heterocycles. The molecule has 0 saturated heterocycles. The van der Waals surface area contributed by atoms with E-state index in [9.17, 15) is 18.0 Å². The lowest BCUT2D eigenvalue weighted by molar-refractivity contribution is -0.140. The van der Waals surface area contributed by atoms with E-state index in [1.54, 1.807) is 42.5 Å². The van der Waals surface area contributed by atoms with Crippen molar-refractivity contribution in [2.75, 3.05) is 17.1 Å². The van der Waals surface area contributed by atoms with Crippen molar-refractivity contribution in [1.82, 2.24) is 10.2 Å². The van der Waals surface area contributed by atoms with Gasteiger partial charge in [-0.15, -0.1) is 0 Å². The molecule has 2 aromatic rings. The van der Waals surface area contributed by atoms with Crippen LogP contribution in [0.1, 0.15) is 51.0 Å². The standard InChI is InChI=1S/C26H32Cl2IN3O4S/c1-3-24(26(34)30-19-8-5-4-6-9-19)31(16-21-22(27)10-7-11-23(21)28)25(33)17-32(37(2,35)36)20-14-12-18(29)13-15-20/h7,10-15,19,24H,3-6,8-9,16-17H2,1-2H3,(H,30,34). The Morgan fingerprint density at radius 3 is 2.19 bits per heavy atom. The Hall–Kier alpha value is -1.56. The molecule has 2 amide bonds. The summed E-state index contributed by atoms with van der Waals surface area (Å²) in [6.07, 6.45) is 6.47. The van der Waals surface area contributed by atoms with Gasteiger partial charge in [0.05, 0.1) is 11.9 Å². The highest BCUT2D eigenvalue weighted by Crippen LogP contribution is 2.28. The molecule has 3 rings (SSSR count). The van der Waals surface area contributed by atoms with E-state index in [2.05, 4.69) is 27.9 Å². The predicted octanol–water partition coefficient (Wildman–Crippen LogP) is 5.62. The van der Waals surface area contributed by atoms with Crippen molar-refractivity contribution < 1.29 is 18.0 Å². The van der Waals surface area contributed by atoms with Gasteiger partial charge in [-0.1, -0.05) is 55.5 Å². The number of halogens is 3. The second-order valence-corrected chi connectivity index (χ2v) is 13.2. The molecule has 0 radical (unpaired) electrons. The number of hydrogen-bond acceptors (Lipinski definition) is 4. The topological polar surface area (TPSA) is 86.8 Å². The SMILES string of the molecule is CCC(C(=O)NC1CCCCC1)N(Cc1c(Cl)cccc1Cl)C(=O)CN(c1ccc(I)cc1)S(C)(=O)=O. The molecule has 2 aromatic carbocycles. The summed E-state index contributed by atoms with van der Waals surface area (Å²) in [5.41, 5.74) is 0.870. The third-order valence-electron chi connectivity index (χ3n) is 6.52. The molecule has 1 saturated carbocycles. The summed E-state index contributed by atoms with van der Waals surface area (Å²) in [4.78, 5) is 28.7. The van der Waals surface area contributed by atoms with Gasteiger partial charge in [0, 0.05) is 31.8 Å². The van der Waals surface area contributed by atoms with E-state index in [0.717, 1.165) is 46.2 Å². The molecule has 1 N–H and O–H groups in total. The molecule has 1 unspecified atom stereocenters. The summed E-state index contributed by atoms with van der Waals surface area (Å²) in [7, 11) is -3.79. The minimum Gasteiger partial charge on any atom is -0.352 e. The molecule has 7 nitrogen and oxygen atoms in total. The van der Waals surface area contributed by atoms with Crippen LogP contribution in [0.25, 0.3) is 0 Å². The van der Waals surface area contributed by atoms with Gasteiger partial charge in [0.2, 0.25) is 21.8 Å². The molecular formula is C26H32Cl2IN3O4S. The molecule has 1 aliphatic carbocycles. The zero-order valence-corrected chi connectivity index (χ0v) is 25.4. The van der Waals surface area contributed by atoms with Crippen LogP contribution in [-0.2, 0) is 26.2 Å². The number of hydrogen-bond donors (Lipinski definition) is 1. The fraction of sp³-hybridized carbons (Fsp3) is 0.462. The smallest absolute Gasteiger partial charge is 0.244 e. The van der Waals surface area contributed by atoms with Crippen LogP contribution in [0.4, 0.5) is 5.69 Å². The van der Waals surface area contributed by atoms with Crippen molar-refractivity contribution in [3.63, 3.8) is 0 Å². The second-order valence-electron chi connectivity index (χ2n) is 9.24. The number of anilines is 1. The van der Waals surface area contributed by atoms with E-state index >= 15 is 0 Å². The lowest BCUT2D eigenvalue weighted by Gasteiger charge is -2.34. The quantitative estimate of drug-likeness (QED) is 0.331. The maximum Gasteiger partial charge on any atom is 0.244 e. The van der Waals surface area contributed by atoms with Crippen molar-refractivity contribution in [3.05, 3.63) is 61.6 Å². The Balaban J connectivity index is 1.95. The third kappa shape index (κ3) is 8.21. The van der Waals surface area contributed by atoms with Crippen LogP contribution < -0.4 is 9.62 Å². The van der Waals surface area contributed by atoms with Crippen LogP contribution >= 0.6 is 45.8 Å². The van der Waals surface area contributed by atoms with Crippen molar-refractivity contribution in [1.29, 1.82) is 0 Å².